The zero-order valence-corrected chi connectivity index (χ0v) is 25.1. The van der Waals surface area contributed by atoms with Gasteiger partial charge in [0.05, 0.1) is 18.1 Å². The van der Waals surface area contributed by atoms with Crippen molar-refractivity contribution >= 4 is 34.1 Å². The van der Waals surface area contributed by atoms with Crippen molar-refractivity contribution in [3.8, 4) is 5.75 Å². The summed E-state index contributed by atoms with van der Waals surface area (Å²) in [5.74, 6) is 1.55. The van der Waals surface area contributed by atoms with Gasteiger partial charge in [0.1, 0.15) is 11.6 Å². The predicted molar refractivity (Wildman–Crippen MR) is 163 cm³/mol. The number of aromatic nitrogens is 2. The van der Waals surface area contributed by atoms with E-state index in [2.05, 4.69) is 55.1 Å². The first-order valence-electron chi connectivity index (χ1n) is 14.3. The quantitative estimate of drug-likeness (QED) is 0.161. The van der Waals surface area contributed by atoms with Crippen molar-refractivity contribution in [2.24, 2.45) is 11.8 Å². The number of hydrogen-bond acceptors (Lipinski definition) is 5. The molecule has 212 valence electrons. The summed E-state index contributed by atoms with van der Waals surface area (Å²) in [6.45, 7) is 8.98. The van der Waals surface area contributed by atoms with E-state index < -0.39 is 5.92 Å². The minimum absolute atomic E-state index is 0.0269. The van der Waals surface area contributed by atoms with E-state index in [9.17, 15) is 9.59 Å². The third kappa shape index (κ3) is 7.19. The minimum Gasteiger partial charge on any atom is -0.497 e. The molecule has 0 aliphatic heterocycles. The molecule has 0 saturated carbocycles. The Balaban J connectivity index is 1.54. The third-order valence-electron chi connectivity index (χ3n) is 7.46. The lowest BCUT2D eigenvalue weighted by Crippen LogP contribution is -2.32. The summed E-state index contributed by atoms with van der Waals surface area (Å²) >= 11 is 1.74. The van der Waals surface area contributed by atoms with Crippen LogP contribution in [0.15, 0.2) is 60.0 Å². The van der Waals surface area contributed by atoms with Crippen molar-refractivity contribution < 1.29 is 14.3 Å². The lowest BCUT2D eigenvalue weighted by atomic mass is 9.89. The molecule has 0 saturated heterocycles. The predicted octanol–water partition coefficient (Wildman–Crippen LogP) is 7.61. The molecule has 0 radical (unpaired) electrons. The molecule has 2 aromatic carbocycles. The number of rotatable bonds is 14. The number of benzene rings is 2. The molecule has 0 spiro atoms. The summed E-state index contributed by atoms with van der Waals surface area (Å²) in [5, 5.41) is 5.13. The Bertz CT molecular complexity index is 1420. The molecule has 6 nitrogen and oxygen atoms in total. The molecular weight excluding hydrogens is 518 g/mol. The summed E-state index contributed by atoms with van der Waals surface area (Å²) in [7, 11) is 1.63. The number of amides is 1. The number of carbonyl (C=O) groups is 2. The molecule has 2 aromatic heterocycles. The first-order valence-corrected chi connectivity index (χ1v) is 15.2. The maximum Gasteiger partial charge on any atom is 0.223 e. The molecule has 2 heterocycles. The summed E-state index contributed by atoms with van der Waals surface area (Å²) < 4.78 is 7.65. The summed E-state index contributed by atoms with van der Waals surface area (Å²) in [4.78, 5) is 33.0. The second kappa shape index (κ2) is 13.8. The first kappa shape index (κ1) is 29.5. The number of nitrogens with zero attached hydrogens (tertiary/aromatic N) is 2. The van der Waals surface area contributed by atoms with Crippen LogP contribution in [0.1, 0.15) is 86.0 Å². The zero-order valence-electron chi connectivity index (χ0n) is 24.3. The van der Waals surface area contributed by atoms with Crippen LogP contribution in [0.5, 0.6) is 5.75 Å². The standard InChI is InChI=1S/C33H41N3O3S/c1-6-26(7-2)36-30-14-13-24(18-29(30)35-32(36)20-28-12-9-15-40-28)31(37)19-25(16-22(3)4)33(38)34-21-23-10-8-11-27(17-23)39-5/h8-15,17-18,22,25-26H,6-7,16,19-21H2,1-5H3,(H,34,38)/t25-/m1/s1. The van der Waals surface area contributed by atoms with Crippen molar-refractivity contribution in [1.29, 1.82) is 0 Å². The molecule has 1 amide bonds. The van der Waals surface area contributed by atoms with E-state index in [-0.39, 0.29) is 18.1 Å². The molecule has 0 fully saturated rings. The van der Waals surface area contributed by atoms with Crippen molar-refractivity contribution in [2.45, 2.75) is 72.4 Å². The average molecular weight is 560 g/mol. The number of hydrogen-bond donors (Lipinski definition) is 1. The molecule has 0 unspecified atom stereocenters. The fraction of sp³-hybridized carbons (Fsp3) is 0.424. The lowest BCUT2D eigenvalue weighted by Gasteiger charge is -2.19. The Morgan fingerprint density at radius 1 is 1.05 bits per heavy atom. The van der Waals surface area contributed by atoms with E-state index in [1.807, 2.05) is 42.5 Å². The van der Waals surface area contributed by atoms with Crippen LogP contribution in [0, 0.1) is 11.8 Å². The SMILES string of the molecule is CCC(CC)n1c(Cc2cccs2)nc2cc(C(=O)C[C@@H](CC(C)C)C(=O)NCc3cccc(OC)c3)ccc21. The van der Waals surface area contributed by atoms with E-state index >= 15 is 0 Å². The molecule has 1 atom stereocenters. The Labute approximate surface area is 241 Å². The van der Waals surface area contributed by atoms with Crippen LogP contribution in [0.25, 0.3) is 11.0 Å². The Morgan fingerprint density at radius 2 is 1.85 bits per heavy atom. The molecule has 4 aromatic rings. The highest BCUT2D eigenvalue weighted by Crippen LogP contribution is 2.29. The number of methoxy groups -OCH3 is 1. The minimum atomic E-state index is -0.398. The van der Waals surface area contributed by atoms with Gasteiger partial charge in [-0.15, -0.1) is 11.3 Å². The van der Waals surface area contributed by atoms with Gasteiger partial charge in [0.25, 0.3) is 0 Å². The molecule has 1 N–H and O–H groups in total. The maximum absolute atomic E-state index is 13.5. The van der Waals surface area contributed by atoms with E-state index in [4.69, 9.17) is 9.72 Å². The van der Waals surface area contributed by atoms with Crippen molar-refractivity contribution in [1.82, 2.24) is 14.9 Å². The van der Waals surface area contributed by atoms with Gasteiger partial charge in [-0.05, 0) is 72.5 Å². The summed E-state index contributed by atoms with van der Waals surface area (Å²) in [6.07, 6.45) is 3.62. The highest BCUT2D eigenvalue weighted by molar-refractivity contribution is 7.09. The molecule has 0 aliphatic carbocycles. The van der Waals surface area contributed by atoms with Crippen LogP contribution in [0.3, 0.4) is 0 Å². The molecule has 0 aliphatic rings. The number of imidazole rings is 1. The van der Waals surface area contributed by atoms with Gasteiger partial charge >= 0.3 is 0 Å². The van der Waals surface area contributed by atoms with Crippen LogP contribution in [0.2, 0.25) is 0 Å². The van der Waals surface area contributed by atoms with Gasteiger partial charge < -0.3 is 14.6 Å². The number of nitrogens with one attached hydrogen (secondary N) is 1. The van der Waals surface area contributed by atoms with Gasteiger partial charge in [-0.1, -0.05) is 45.9 Å². The fourth-order valence-electron chi connectivity index (χ4n) is 5.39. The summed E-state index contributed by atoms with van der Waals surface area (Å²) in [5.41, 5.74) is 3.47. The van der Waals surface area contributed by atoms with Gasteiger partial charge in [0.15, 0.2) is 5.78 Å². The van der Waals surface area contributed by atoms with Crippen LogP contribution in [-0.4, -0.2) is 28.4 Å². The van der Waals surface area contributed by atoms with Crippen molar-refractivity contribution in [3.05, 3.63) is 81.8 Å². The smallest absolute Gasteiger partial charge is 0.223 e. The first-order chi connectivity index (χ1) is 19.3. The second-order valence-corrected chi connectivity index (χ2v) is 11.9. The highest BCUT2D eigenvalue weighted by Gasteiger charge is 2.25. The van der Waals surface area contributed by atoms with E-state index in [0.717, 1.165) is 47.4 Å². The van der Waals surface area contributed by atoms with Crippen LogP contribution < -0.4 is 10.1 Å². The van der Waals surface area contributed by atoms with Gasteiger partial charge in [-0.3, -0.25) is 9.59 Å². The van der Waals surface area contributed by atoms with Crippen molar-refractivity contribution in [2.75, 3.05) is 7.11 Å². The van der Waals surface area contributed by atoms with Crippen LogP contribution >= 0.6 is 11.3 Å². The number of Topliss-reactive ketones (excluding diaryl/α,β-unsaturated/α-hetero) is 1. The normalized spacial score (nSPS) is 12.3. The van der Waals surface area contributed by atoms with Gasteiger partial charge in [0.2, 0.25) is 5.91 Å². The molecule has 4 rings (SSSR count). The van der Waals surface area contributed by atoms with Crippen LogP contribution in [0.4, 0.5) is 0 Å². The van der Waals surface area contributed by atoms with Gasteiger partial charge in [-0.25, -0.2) is 4.98 Å². The van der Waals surface area contributed by atoms with Crippen LogP contribution in [-0.2, 0) is 17.8 Å². The van der Waals surface area contributed by atoms with E-state index in [1.54, 1.807) is 18.4 Å². The molecular formula is C33H41N3O3S. The Kier molecular flexibility index (Phi) is 10.2. The number of thiophene rings is 1. The number of carbonyl (C=O) groups excluding carboxylic acids is 2. The van der Waals surface area contributed by atoms with E-state index in [0.29, 0.717) is 30.5 Å². The fourth-order valence-corrected chi connectivity index (χ4v) is 6.09. The largest absolute Gasteiger partial charge is 0.497 e. The summed E-state index contributed by atoms with van der Waals surface area (Å²) in [6, 6.07) is 18.1. The second-order valence-electron chi connectivity index (χ2n) is 10.9. The number of ketones is 1. The number of ether oxygens (including phenoxy) is 1. The highest BCUT2D eigenvalue weighted by atomic mass is 32.1. The van der Waals surface area contributed by atoms with Gasteiger partial charge in [0, 0.05) is 41.8 Å². The van der Waals surface area contributed by atoms with Gasteiger partial charge in [-0.2, -0.15) is 0 Å². The van der Waals surface area contributed by atoms with E-state index in [1.165, 1.54) is 4.88 Å². The Morgan fingerprint density at radius 3 is 2.52 bits per heavy atom. The van der Waals surface area contributed by atoms with Crippen molar-refractivity contribution in [3.63, 3.8) is 0 Å². The maximum atomic E-state index is 13.5. The topological polar surface area (TPSA) is 73.2 Å². The Hall–Kier alpha value is -3.45. The lowest BCUT2D eigenvalue weighted by molar-refractivity contribution is -0.125. The molecule has 0 bridgehead atoms. The molecule has 7 heteroatoms. The average Bonchev–Trinajstić information content (AvgIpc) is 3.59. The zero-order chi connectivity index (χ0) is 28.6. The third-order valence-corrected chi connectivity index (χ3v) is 8.34. The number of fused-ring (bicyclic) bond motifs is 1. The molecule has 40 heavy (non-hydrogen) atoms. The monoisotopic (exact) mass is 559 g/mol.